The first-order valence-corrected chi connectivity index (χ1v) is 5.52. The monoisotopic (exact) mass is 181 g/mol. The number of hydrogen-bond acceptors (Lipinski definition) is 2. The maximum Gasteiger partial charge on any atom is 0.00706 e. The number of nitrogens with two attached hydrogens (primary N) is 1. The van der Waals surface area contributed by atoms with Crippen LogP contribution >= 0.6 is 11.3 Å². The fourth-order valence-corrected chi connectivity index (χ4v) is 2.81. The standard InChI is InChI=1S/C10H15NS/c11-10-5-1-3-8(10)7-9-4-2-6-12-9/h2,4,6,8,10H,1,3,5,7,11H2. The molecule has 0 radical (unpaired) electrons. The minimum atomic E-state index is 0.465. The summed E-state index contributed by atoms with van der Waals surface area (Å²) in [5.41, 5.74) is 6.00. The molecule has 1 saturated carbocycles. The molecule has 1 heterocycles. The highest BCUT2D eigenvalue weighted by atomic mass is 32.1. The van der Waals surface area contributed by atoms with E-state index in [1.54, 1.807) is 0 Å². The first kappa shape index (κ1) is 8.27. The van der Waals surface area contributed by atoms with Crippen LogP contribution in [0, 0.1) is 5.92 Å². The second-order valence-corrected chi connectivity index (χ2v) is 4.67. The van der Waals surface area contributed by atoms with Crippen molar-refractivity contribution >= 4 is 11.3 Å². The Bertz CT molecular complexity index is 230. The molecule has 0 spiro atoms. The van der Waals surface area contributed by atoms with Crippen molar-refractivity contribution in [2.45, 2.75) is 31.7 Å². The predicted octanol–water partition coefficient (Wildman–Crippen LogP) is 2.42. The maximum absolute atomic E-state index is 6.00. The van der Waals surface area contributed by atoms with Gasteiger partial charge in [-0.2, -0.15) is 0 Å². The number of rotatable bonds is 2. The number of thiophene rings is 1. The van der Waals surface area contributed by atoms with Gasteiger partial charge in [-0.1, -0.05) is 12.5 Å². The van der Waals surface area contributed by atoms with E-state index in [-0.39, 0.29) is 0 Å². The van der Waals surface area contributed by atoms with Crippen LogP contribution in [0.1, 0.15) is 24.1 Å². The van der Waals surface area contributed by atoms with Gasteiger partial charge in [0.25, 0.3) is 0 Å². The molecule has 1 aromatic heterocycles. The molecule has 0 bridgehead atoms. The lowest BCUT2D eigenvalue weighted by molar-refractivity contribution is 0.482. The topological polar surface area (TPSA) is 26.0 Å². The number of hydrogen-bond donors (Lipinski definition) is 1. The van der Waals surface area contributed by atoms with Crippen LogP contribution in [-0.4, -0.2) is 6.04 Å². The molecule has 2 atom stereocenters. The zero-order valence-electron chi connectivity index (χ0n) is 7.20. The van der Waals surface area contributed by atoms with Gasteiger partial charge in [-0.3, -0.25) is 0 Å². The van der Waals surface area contributed by atoms with Gasteiger partial charge in [0.15, 0.2) is 0 Å². The third-order valence-electron chi connectivity index (χ3n) is 2.76. The molecule has 0 saturated heterocycles. The molecule has 2 unspecified atom stereocenters. The second kappa shape index (κ2) is 3.58. The van der Waals surface area contributed by atoms with E-state index in [1.807, 2.05) is 11.3 Å². The lowest BCUT2D eigenvalue weighted by atomic mass is 9.99. The van der Waals surface area contributed by atoms with Crippen molar-refractivity contribution in [1.82, 2.24) is 0 Å². The summed E-state index contributed by atoms with van der Waals surface area (Å²) < 4.78 is 0. The molecule has 2 N–H and O–H groups in total. The Labute approximate surface area is 77.6 Å². The molecule has 1 aromatic rings. The minimum Gasteiger partial charge on any atom is -0.327 e. The van der Waals surface area contributed by atoms with Crippen molar-refractivity contribution in [3.63, 3.8) is 0 Å². The van der Waals surface area contributed by atoms with Crippen molar-refractivity contribution in [3.05, 3.63) is 22.4 Å². The van der Waals surface area contributed by atoms with E-state index in [1.165, 1.54) is 30.6 Å². The first-order chi connectivity index (χ1) is 5.86. The molecule has 0 amide bonds. The summed E-state index contributed by atoms with van der Waals surface area (Å²) in [6.45, 7) is 0. The summed E-state index contributed by atoms with van der Waals surface area (Å²) in [7, 11) is 0. The van der Waals surface area contributed by atoms with Gasteiger partial charge in [0.1, 0.15) is 0 Å². The Hall–Kier alpha value is -0.340. The molecule has 1 nitrogen and oxygen atoms in total. The zero-order valence-corrected chi connectivity index (χ0v) is 8.02. The Balaban J connectivity index is 1.95. The molecule has 0 aliphatic heterocycles. The van der Waals surface area contributed by atoms with Crippen LogP contribution in [0.3, 0.4) is 0 Å². The summed E-state index contributed by atoms with van der Waals surface area (Å²) in [5, 5.41) is 2.15. The fourth-order valence-electron chi connectivity index (χ4n) is 2.01. The van der Waals surface area contributed by atoms with Crippen LogP contribution in [0.15, 0.2) is 17.5 Å². The van der Waals surface area contributed by atoms with Gasteiger partial charge in [0.2, 0.25) is 0 Å². The summed E-state index contributed by atoms with van der Waals surface area (Å²) in [6.07, 6.45) is 5.10. The molecule has 12 heavy (non-hydrogen) atoms. The van der Waals surface area contributed by atoms with Crippen LogP contribution in [0.25, 0.3) is 0 Å². The summed E-state index contributed by atoms with van der Waals surface area (Å²) in [4.78, 5) is 1.50. The molecule has 2 heteroatoms. The third kappa shape index (κ3) is 1.70. The maximum atomic E-state index is 6.00. The molecular formula is C10H15NS. The van der Waals surface area contributed by atoms with Crippen molar-refractivity contribution in [2.75, 3.05) is 0 Å². The van der Waals surface area contributed by atoms with Gasteiger partial charge in [0, 0.05) is 10.9 Å². The van der Waals surface area contributed by atoms with Crippen LogP contribution in [-0.2, 0) is 6.42 Å². The van der Waals surface area contributed by atoms with Crippen LogP contribution in [0.4, 0.5) is 0 Å². The molecule has 1 aliphatic carbocycles. The SMILES string of the molecule is NC1CCCC1Cc1cccs1. The molecule has 0 aromatic carbocycles. The molecule has 66 valence electrons. The van der Waals surface area contributed by atoms with Crippen molar-refractivity contribution in [2.24, 2.45) is 11.7 Å². The van der Waals surface area contributed by atoms with Gasteiger partial charge in [-0.15, -0.1) is 11.3 Å². The Morgan fingerprint density at radius 3 is 3.00 bits per heavy atom. The van der Waals surface area contributed by atoms with Gasteiger partial charge in [-0.25, -0.2) is 0 Å². The third-order valence-corrected chi connectivity index (χ3v) is 3.66. The molecular weight excluding hydrogens is 166 g/mol. The molecule has 1 fully saturated rings. The van der Waals surface area contributed by atoms with Gasteiger partial charge < -0.3 is 5.73 Å². The van der Waals surface area contributed by atoms with E-state index >= 15 is 0 Å². The van der Waals surface area contributed by atoms with Crippen molar-refractivity contribution < 1.29 is 0 Å². The molecule has 1 aliphatic rings. The summed E-state index contributed by atoms with van der Waals surface area (Å²) in [6, 6.07) is 4.81. The Morgan fingerprint density at radius 2 is 2.42 bits per heavy atom. The van der Waals surface area contributed by atoms with Crippen LogP contribution in [0.2, 0.25) is 0 Å². The summed E-state index contributed by atoms with van der Waals surface area (Å²) in [5.74, 6) is 0.753. The first-order valence-electron chi connectivity index (χ1n) is 4.64. The Kier molecular flexibility index (Phi) is 2.47. The van der Waals surface area contributed by atoms with Crippen molar-refractivity contribution in [1.29, 1.82) is 0 Å². The van der Waals surface area contributed by atoms with Gasteiger partial charge >= 0.3 is 0 Å². The van der Waals surface area contributed by atoms with E-state index < -0.39 is 0 Å². The zero-order chi connectivity index (χ0) is 8.39. The normalized spacial score (nSPS) is 29.4. The van der Waals surface area contributed by atoms with Crippen LogP contribution in [0.5, 0.6) is 0 Å². The van der Waals surface area contributed by atoms with E-state index in [0.717, 1.165) is 5.92 Å². The van der Waals surface area contributed by atoms with E-state index in [2.05, 4.69) is 17.5 Å². The van der Waals surface area contributed by atoms with Gasteiger partial charge in [0.05, 0.1) is 0 Å². The Morgan fingerprint density at radius 1 is 1.50 bits per heavy atom. The van der Waals surface area contributed by atoms with Crippen LogP contribution < -0.4 is 5.73 Å². The summed E-state index contributed by atoms with van der Waals surface area (Å²) >= 11 is 1.86. The second-order valence-electron chi connectivity index (χ2n) is 3.64. The van der Waals surface area contributed by atoms with Crippen molar-refractivity contribution in [3.8, 4) is 0 Å². The van der Waals surface area contributed by atoms with E-state index in [9.17, 15) is 0 Å². The average molecular weight is 181 g/mol. The predicted molar refractivity (Wildman–Crippen MR) is 53.3 cm³/mol. The smallest absolute Gasteiger partial charge is 0.00706 e. The van der Waals surface area contributed by atoms with Gasteiger partial charge in [-0.05, 0) is 36.6 Å². The highest BCUT2D eigenvalue weighted by Gasteiger charge is 2.23. The highest BCUT2D eigenvalue weighted by Crippen LogP contribution is 2.28. The fraction of sp³-hybridized carbons (Fsp3) is 0.600. The average Bonchev–Trinajstić information content (AvgIpc) is 2.65. The van der Waals surface area contributed by atoms with E-state index in [0.29, 0.717) is 6.04 Å². The lowest BCUT2D eigenvalue weighted by Gasteiger charge is -2.13. The lowest BCUT2D eigenvalue weighted by Crippen LogP contribution is -2.25. The largest absolute Gasteiger partial charge is 0.327 e. The molecule has 2 rings (SSSR count). The highest BCUT2D eigenvalue weighted by molar-refractivity contribution is 7.09. The minimum absolute atomic E-state index is 0.465. The van der Waals surface area contributed by atoms with E-state index in [4.69, 9.17) is 5.73 Å². The quantitative estimate of drug-likeness (QED) is 0.745.